The van der Waals surface area contributed by atoms with Gasteiger partial charge in [-0.25, -0.2) is 9.67 Å². The van der Waals surface area contributed by atoms with Gasteiger partial charge < -0.3 is 10.7 Å². The van der Waals surface area contributed by atoms with E-state index in [2.05, 4.69) is 15.1 Å². The van der Waals surface area contributed by atoms with Crippen molar-refractivity contribution in [3.05, 3.63) is 56.9 Å². The third-order valence-corrected chi connectivity index (χ3v) is 3.82. The average Bonchev–Trinajstić information content (AvgIpc) is 2.92. The monoisotopic (exact) mass is 379 g/mol. The van der Waals surface area contributed by atoms with Gasteiger partial charge in [0, 0.05) is 23.0 Å². The van der Waals surface area contributed by atoms with E-state index < -0.39 is 0 Å². The summed E-state index contributed by atoms with van der Waals surface area (Å²) in [4.78, 5) is 18.2. The molecular weight excluding hydrogens is 369 g/mol. The Kier molecular flexibility index (Phi) is 3.26. The van der Waals surface area contributed by atoms with Gasteiger partial charge in [-0.15, -0.1) is 0 Å². The molecule has 0 saturated carbocycles. The molecule has 2 aromatic heterocycles. The molecule has 0 aliphatic rings. The molecule has 0 amide bonds. The van der Waals surface area contributed by atoms with Crippen molar-refractivity contribution in [2.45, 2.75) is 0 Å². The Hall–Kier alpha value is -2.16. The quantitative estimate of drug-likeness (QED) is 0.525. The van der Waals surface area contributed by atoms with Crippen LogP contribution in [0.2, 0.25) is 0 Å². The van der Waals surface area contributed by atoms with Crippen molar-refractivity contribution in [1.82, 2.24) is 19.7 Å². The second kappa shape index (κ2) is 5.08. The largest absolute Gasteiger partial charge is 0.398 e. The number of hydrogen-bond acceptors (Lipinski definition) is 4. The number of nitrogen functional groups attached to an aromatic ring is 1. The SMILES string of the molecule is Nc1ccccc1-c1cnn(-c2nc[nH]c(=O)c2I)c1. The summed E-state index contributed by atoms with van der Waals surface area (Å²) in [6, 6.07) is 7.55. The molecule has 0 unspecified atom stereocenters. The van der Waals surface area contributed by atoms with Gasteiger partial charge in [-0.2, -0.15) is 5.10 Å². The molecule has 6 nitrogen and oxygen atoms in total. The molecule has 0 fully saturated rings. The molecule has 0 atom stereocenters. The minimum atomic E-state index is -0.188. The number of aromatic amines is 1. The first-order chi connectivity index (χ1) is 9.66. The van der Waals surface area contributed by atoms with Crippen molar-refractivity contribution in [3.63, 3.8) is 0 Å². The van der Waals surface area contributed by atoms with Crippen molar-refractivity contribution in [2.75, 3.05) is 5.73 Å². The fraction of sp³-hybridized carbons (Fsp3) is 0. The molecule has 0 saturated heterocycles. The second-order valence-corrected chi connectivity index (χ2v) is 5.21. The number of para-hydroxylation sites is 1. The minimum absolute atomic E-state index is 0.188. The summed E-state index contributed by atoms with van der Waals surface area (Å²) in [5.41, 5.74) is 8.22. The number of aromatic nitrogens is 4. The molecular formula is C13H10IN5O. The molecule has 0 aliphatic heterocycles. The van der Waals surface area contributed by atoms with Crippen molar-refractivity contribution < 1.29 is 0 Å². The molecule has 0 bridgehead atoms. The Morgan fingerprint density at radius 3 is 2.90 bits per heavy atom. The van der Waals surface area contributed by atoms with E-state index in [1.54, 1.807) is 17.1 Å². The lowest BCUT2D eigenvalue weighted by Crippen LogP contribution is -2.15. The van der Waals surface area contributed by atoms with Crippen LogP contribution < -0.4 is 11.3 Å². The summed E-state index contributed by atoms with van der Waals surface area (Å²) in [5.74, 6) is 0.495. The number of nitrogens with two attached hydrogens (primary N) is 1. The van der Waals surface area contributed by atoms with Gasteiger partial charge in [-0.05, 0) is 28.7 Å². The molecule has 1 aromatic carbocycles. The Labute approximate surface area is 127 Å². The first-order valence-corrected chi connectivity index (χ1v) is 6.88. The van der Waals surface area contributed by atoms with Crippen molar-refractivity contribution in [2.24, 2.45) is 0 Å². The lowest BCUT2D eigenvalue weighted by Gasteiger charge is -2.02. The molecule has 2 heterocycles. The Morgan fingerprint density at radius 2 is 2.10 bits per heavy atom. The lowest BCUT2D eigenvalue weighted by molar-refractivity contribution is 0.827. The molecule has 7 heteroatoms. The molecule has 3 rings (SSSR count). The maximum atomic E-state index is 11.6. The van der Waals surface area contributed by atoms with Crippen LogP contribution in [0.5, 0.6) is 0 Å². The van der Waals surface area contributed by atoms with Crippen molar-refractivity contribution in [3.8, 4) is 16.9 Å². The third-order valence-electron chi connectivity index (χ3n) is 2.85. The van der Waals surface area contributed by atoms with Crippen LogP contribution in [0.15, 0.2) is 47.8 Å². The van der Waals surface area contributed by atoms with Gasteiger partial charge in [-0.3, -0.25) is 4.79 Å². The zero-order chi connectivity index (χ0) is 14.1. The number of H-pyrrole nitrogens is 1. The Bertz CT molecular complexity index is 823. The zero-order valence-electron chi connectivity index (χ0n) is 10.2. The first-order valence-electron chi connectivity index (χ1n) is 5.80. The van der Waals surface area contributed by atoms with Gasteiger partial charge in [0.25, 0.3) is 5.56 Å². The van der Waals surface area contributed by atoms with Crippen LogP contribution in [0.4, 0.5) is 5.69 Å². The van der Waals surface area contributed by atoms with E-state index in [4.69, 9.17) is 5.73 Å². The number of halogens is 1. The first kappa shape index (κ1) is 12.9. The highest BCUT2D eigenvalue weighted by Gasteiger charge is 2.10. The molecule has 0 aliphatic carbocycles. The predicted molar refractivity (Wildman–Crippen MR) is 84.5 cm³/mol. The van der Waals surface area contributed by atoms with Crippen LogP contribution in [0, 0.1) is 3.57 Å². The number of nitrogens with zero attached hydrogens (tertiary/aromatic N) is 3. The van der Waals surface area contributed by atoms with Gasteiger partial charge in [0.15, 0.2) is 5.82 Å². The summed E-state index contributed by atoms with van der Waals surface area (Å²) >= 11 is 1.95. The zero-order valence-corrected chi connectivity index (χ0v) is 12.4. The molecule has 3 N–H and O–H groups in total. The average molecular weight is 379 g/mol. The van der Waals surface area contributed by atoms with Crippen LogP contribution in [-0.2, 0) is 0 Å². The van der Waals surface area contributed by atoms with Gasteiger partial charge in [0.2, 0.25) is 0 Å². The summed E-state index contributed by atoms with van der Waals surface area (Å²) < 4.78 is 2.06. The normalized spacial score (nSPS) is 10.7. The highest BCUT2D eigenvalue weighted by Crippen LogP contribution is 2.25. The van der Waals surface area contributed by atoms with Crippen molar-refractivity contribution >= 4 is 28.3 Å². The van der Waals surface area contributed by atoms with Crippen molar-refractivity contribution in [1.29, 1.82) is 0 Å². The van der Waals surface area contributed by atoms with Crippen LogP contribution >= 0.6 is 22.6 Å². The maximum absolute atomic E-state index is 11.6. The Morgan fingerprint density at radius 1 is 1.30 bits per heavy atom. The van der Waals surface area contributed by atoms with Crippen LogP contribution in [-0.4, -0.2) is 19.7 Å². The van der Waals surface area contributed by atoms with E-state index in [1.165, 1.54) is 6.33 Å². The lowest BCUT2D eigenvalue weighted by atomic mass is 10.1. The van der Waals surface area contributed by atoms with Gasteiger partial charge in [0.1, 0.15) is 3.57 Å². The maximum Gasteiger partial charge on any atom is 0.266 e. The third kappa shape index (κ3) is 2.20. The highest BCUT2D eigenvalue weighted by atomic mass is 127. The second-order valence-electron chi connectivity index (χ2n) is 4.13. The molecule has 100 valence electrons. The number of benzene rings is 1. The summed E-state index contributed by atoms with van der Waals surface area (Å²) in [6.07, 6.45) is 4.86. The van der Waals surface area contributed by atoms with E-state index in [0.717, 1.165) is 11.1 Å². The van der Waals surface area contributed by atoms with Crippen LogP contribution in [0.1, 0.15) is 0 Å². The topological polar surface area (TPSA) is 89.6 Å². The Balaban J connectivity index is 2.09. The van der Waals surface area contributed by atoms with E-state index in [1.807, 2.05) is 46.9 Å². The summed E-state index contributed by atoms with van der Waals surface area (Å²) in [6.45, 7) is 0. The standard InChI is InChI=1S/C13H10IN5O/c14-11-12(16-7-17-13(11)20)19-6-8(5-18-19)9-3-1-2-4-10(9)15/h1-7H,15H2,(H,16,17,20). The fourth-order valence-corrected chi connectivity index (χ4v) is 2.41. The highest BCUT2D eigenvalue weighted by molar-refractivity contribution is 14.1. The minimum Gasteiger partial charge on any atom is -0.398 e. The molecule has 0 spiro atoms. The smallest absolute Gasteiger partial charge is 0.266 e. The fourth-order valence-electron chi connectivity index (χ4n) is 1.87. The number of rotatable bonds is 2. The summed E-state index contributed by atoms with van der Waals surface area (Å²) in [5, 5.41) is 4.25. The van der Waals surface area contributed by atoms with E-state index in [0.29, 0.717) is 15.1 Å². The van der Waals surface area contributed by atoms with Gasteiger partial charge in [0.05, 0.1) is 12.5 Å². The van der Waals surface area contributed by atoms with Crippen LogP contribution in [0.3, 0.4) is 0 Å². The van der Waals surface area contributed by atoms with E-state index >= 15 is 0 Å². The van der Waals surface area contributed by atoms with E-state index in [-0.39, 0.29) is 5.56 Å². The number of hydrogen-bond donors (Lipinski definition) is 2. The number of anilines is 1. The van der Waals surface area contributed by atoms with E-state index in [9.17, 15) is 4.79 Å². The summed E-state index contributed by atoms with van der Waals surface area (Å²) in [7, 11) is 0. The number of nitrogens with one attached hydrogen (secondary N) is 1. The molecule has 3 aromatic rings. The van der Waals surface area contributed by atoms with Gasteiger partial charge in [-0.1, -0.05) is 18.2 Å². The predicted octanol–water partition coefficient (Wildman–Crippen LogP) is 1.81. The van der Waals surface area contributed by atoms with Gasteiger partial charge >= 0.3 is 0 Å². The molecule has 0 radical (unpaired) electrons. The molecule has 20 heavy (non-hydrogen) atoms. The van der Waals surface area contributed by atoms with Crippen LogP contribution in [0.25, 0.3) is 16.9 Å².